The number of nitrogens with zero attached hydrogens (tertiary/aromatic N) is 3. The minimum absolute atomic E-state index is 0.158. The van der Waals surface area contributed by atoms with Crippen molar-refractivity contribution in [3.8, 4) is 17.2 Å². The van der Waals surface area contributed by atoms with E-state index in [0.29, 0.717) is 12.2 Å². The van der Waals surface area contributed by atoms with Gasteiger partial charge in [0.05, 0.1) is 28.3 Å². The van der Waals surface area contributed by atoms with Gasteiger partial charge in [0.15, 0.2) is 0 Å². The van der Waals surface area contributed by atoms with Crippen molar-refractivity contribution in [2.24, 2.45) is 10.7 Å². The molecular formula is C22H21ClF3N5O2. The fraction of sp³-hybridized carbons (Fsp3) is 0.227. The van der Waals surface area contributed by atoms with Crippen molar-refractivity contribution in [2.75, 3.05) is 25.1 Å². The average molecular weight is 480 g/mol. The molecule has 0 unspecified atom stereocenters. The van der Waals surface area contributed by atoms with E-state index in [1.807, 2.05) is 6.20 Å². The highest BCUT2D eigenvalue weighted by Gasteiger charge is 2.31. The molecule has 0 radical (unpaired) electrons. The molecule has 0 bridgehead atoms. The van der Waals surface area contributed by atoms with Crippen LogP contribution < -0.4 is 20.6 Å². The Morgan fingerprint density at radius 3 is 2.70 bits per heavy atom. The average Bonchev–Trinajstić information content (AvgIpc) is 3.17. The highest BCUT2D eigenvalue weighted by Crippen LogP contribution is 2.35. The van der Waals surface area contributed by atoms with Crippen molar-refractivity contribution in [2.45, 2.75) is 12.8 Å². The lowest BCUT2D eigenvalue weighted by atomic mass is 10.3. The quantitative estimate of drug-likeness (QED) is 0.549. The minimum Gasteiger partial charge on any atom is -0.456 e. The van der Waals surface area contributed by atoms with Gasteiger partial charge in [-0.05, 0) is 49.4 Å². The molecule has 0 fully saturated rings. The van der Waals surface area contributed by atoms with Crippen molar-refractivity contribution in [3.05, 3.63) is 71.2 Å². The number of ether oxygens (including phenoxy) is 2. The van der Waals surface area contributed by atoms with Crippen LogP contribution in [0.4, 0.5) is 18.9 Å². The molecule has 2 aliphatic rings. The van der Waals surface area contributed by atoms with Gasteiger partial charge in [-0.3, -0.25) is 5.43 Å². The van der Waals surface area contributed by atoms with Gasteiger partial charge >= 0.3 is 6.36 Å². The molecule has 3 N–H and O–H groups in total. The number of alkyl halides is 3. The van der Waals surface area contributed by atoms with Crippen LogP contribution in [0.2, 0.25) is 5.02 Å². The summed E-state index contributed by atoms with van der Waals surface area (Å²) >= 11 is 6.36. The third-order valence-electron chi connectivity index (χ3n) is 4.83. The van der Waals surface area contributed by atoms with E-state index in [9.17, 15) is 13.2 Å². The van der Waals surface area contributed by atoms with Gasteiger partial charge in [0.2, 0.25) is 0 Å². The first-order valence-electron chi connectivity index (χ1n) is 10.1. The maximum absolute atomic E-state index is 12.4. The third-order valence-corrected chi connectivity index (χ3v) is 5.12. The fourth-order valence-electron chi connectivity index (χ4n) is 3.40. The second-order valence-corrected chi connectivity index (χ2v) is 7.62. The van der Waals surface area contributed by atoms with Gasteiger partial charge < -0.3 is 20.1 Å². The van der Waals surface area contributed by atoms with E-state index < -0.39 is 6.36 Å². The van der Waals surface area contributed by atoms with E-state index in [1.54, 1.807) is 29.5 Å². The van der Waals surface area contributed by atoms with Crippen LogP contribution >= 0.6 is 11.6 Å². The van der Waals surface area contributed by atoms with Crippen LogP contribution in [0.5, 0.6) is 17.2 Å². The Morgan fingerprint density at radius 2 is 1.94 bits per heavy atom. The van der Waals surface area contributed by atoms with Crippen LogP contribution in [0.1, 0.15) is 6.42 Å². The fourth-order valence-corrected chi connectivity index (χ4v) is 3.62. The number of rotatable bonds is 8. The van der Waals surface area contributed by atoms with Crippen molar-refractivity contribution in [1.29, 1.82) is 0 Å². The van der Waals surface area contributed by atoms with Crippen LogP contribution in [-0.4, -0.2) is 42.2 Å². The molecule has 0 saturated heterocycles. The molecule has 33 heavy (non-hydrogen) atoms. The van der Waals surface area contributed by atoms with Crippen LogP contribution in [0, 0.1) is 0 Å². The number of hydrogen-bond acceptors (Lipinski definition) is 7. The molecule has 7 nitrogen and oxygen atoms in total. The summed E-state index contributed by atoms with van der Waals surface area (Å²) in [7, 11) is 0. The monoisotopic (exact) mass is 479 g/mol. The summed E-state index contributed by atoms with van der Waals surface area (Å²) in [5.74, 6) is 0.0614. The predicted octanol–water partition coefficient (Wildman–Crippen LogP) is 5.09. The maximum Gasteiger partial charge on any atom is 0.573 e. The van der Waals surface area contributed by atoms with Crippen LogP contribution in [0.25, 0.3) is 0 Å². The van der Waals surface area contributed by atoms with Gasteiger partial charge in [-0.25, -0.2) is 10.0 Å². The van der Waals surface area contributed by atoms with Gasteiger partial charge in [-0.2, -0.15) is 0 Å². The summed E-state index contributed by atoms with van der Waals surface area (Å²) in [6.45, 7) is 2.24. The van der Waals surface area contributed by atoms with Crippen molar-refractivity contribution >= 4 is 23.6 Å². The highest BCUT2D eigenvalue weighted by atomic mass is 35.5. The first kappa shape index (κ1) is 22.8. The van der Waals surface area contributed by atoms with Crippen LogP contribution in [0.3, 0.4) is 0 Å². The lowest BCUT2D eigenvalue weighted by Gasteiger charge is -2.29. The van der Waals surface area contributed by atoms with Gasteiger partial charge in [-0.15, -0.1) is 13.2 Å². The van der Waals surface area contributed by atoms with Gasteiger partial charge in [0.25, 0.3) is 0 Å². The Balaban J connectivity index is 1.42. The smallest absolute Gasteiger partial charge is 0.456 e. The Labute approximate surface area is 193 Å². The Hall–Kier alpha value is -3.37. The van der Waals surface area contributed by atoms with Crippen molar-refractivity contribution < 1.29 is 22.6 Å². The summed E-state index contributed by atoms with van der Waals surface area (Å²) in [5, 5.41) is 2.07. The number of hydrogen-bond donors (Lipinski definition) is 2. The molecule has 0 amide bonds. The normalized spacial score (nSPS) is 15.2. The molecule has 4 rings (SSSR count). The summed E-state index contributed by atoms with van der Waals surface area (Å²) in [6.07, 6.45) is 1.67. The van der Waals surface area contributed by atoms with Gasteiger partial charge in [0, 0.05) is 19.2 Å². The first-order valence-corrected chi connectivity index (χ1v) is 10.5. The van der Waals surface area contributed by atoms with E-state index in [0.717, 1.165) is 37.0 Å². The van der Waals surface area contributed by atoms with Crippen molar-refractivity contribution in [1.82, 2.24) is 9.91 Å². The summed E-state index contributed by atoms with van der Waals surface area (Å²) in [4.78, 5) is 6.50. The lowest BCUT2D eigenvalue weighted by molar-refractivity contribution is -0.274. The molecule has 0 atom stereocenters. The standard InChI is InChI=1S/C22H21ClF3N5O2/c23-18-11-15(29-31-14-28-13-20-19(31)7-10-30(20)9-2-8-27)5-6-21(18)32-16-3-1-4-17(12-16)33-22(24,25)26/h1,3-7,11-14,29H,2,8-10,27H2. The number of fused-ring (bicyclic) bond motifs is 1. The minimum atomic E-state index is -4.79. The van der Waals surface area contributed by atoms with Gasteiger partial charge in [-0.1, -0.05) is 17.7 Å². The molecule has 2 aromatic rings. The molecule has 0 saturated carbocycles. The second kappa shape index (κ2) is 9.63. The molecule has 0 aliphatic carbocycles. The van der Waals surface area contributed by atoms with Crippen LogP contribution in [0.15, 0.2) is 71.1 Å². The number of nitrogens with one attached hydrogen (secondary N) is 1. The number of aliphatic imine (C=N–C) groups is 1. The third kappa shape index (κ3) is 5.71. The van der Waals surface area contributed by atoms with Gasteiger partial charge in [0.1, 0.15) is 23.6 Å². The Kier molecular flexibility index (Phi) is 6.66. The molecule has 0 aromatic heterocycles. The van der Waals surface area contributed by atoms with Crippen LogP contribution in [-0.2, 0) is 0 Å². The zero-order chi connectivity index (χ0) is 23.4. The largest absolute Gasteiger partial charge is 0.573 e. The van der Waals surface area contributed by atoms with Crippen molar-refractivity contribution in [3.63, 3.8) is 0 Å². The van der Waals surface area contributed by atoms with E-state index in [2.05, 4.69) is 26.1 Å². The number of halogens is 4. The molecular weight excluding hydrogens is 459 g/mol. The van der Waals surface area contributed by atoms with E-state index in [1.165, 1.54) is 18.2 Å². The highest BCUT2D eigenvalue weighted by molar-refractivity contribution is 6.32. The number of benzene rings is 2. The summed E-state index contributed by atoms with van der Waals surface area (Å²) < 4.78 is 46.9. The number of anilines is 1. The molecule has 2 heterocycles. The lowest BCUT2D eigenvalue weighted by Crippen LogP contribution is -2.32. The topological polar surface area (TPSA) is 75.4 Å². The zero-order valence-electron chi connectivity index (χ0n) is 17.3. The maximum atomic E-state index is 12.4. The molecule has 0 spiro atoms. The number of nitrogens with two attached hydrogens (primary N) is 1. The molecule has 2 aromatic carbocycles. The first-order chi connectivity index (χ1) is 15.8. The van der Waals surface area contributed by atoms with E-state index in [4.69, 9.17) is 22.1 Å². The zero-order valence-corrected chi connectivity index (χ0v) is 18.1. The molecule has 11 heteroatoms. The number of hydrazine groups is 1. The Bertz CT molecular complexity index is 1100. The molecule has 2 aliphatic heterocycles. The molecule has 174 valence electrons. The summed E-state index contributed by atoms with van der Waals surface area (Å²) in [5.41, 5.74) is 11.5. The van der Waals surface area contributed by atoms with E-state index >= 15 is 0 Å². The Morgan fingerprint density at radius 1 is 1.12 bits per heavy atom. The second-order valence-electron chi connectivity index (χ2n) is 7.21. The van der Waals surface area contributed by atoms with E-state index in [-0.39, 0.29) is 22.3 Å². The predicted molar refractivity (Wildman–Crippen MR) is 120 cm³/mol. The SMILES string of the molecule is NCCCN1CC=C2C1=CN=CN2Nc1ccc(Oc2cccc(OC(F)(F)F)c2)c(Cl)c1. The summed E-state index contributed by atoms with van der Waals surface area (Å²) in [6, 6.07) is 10.2.